The zero-order valence-corrected chi connectivity index (χ0v) is 24.0. The van der Waals surface area contributed by atoms with Gasteiger partial charge in [0, 0.05) is 44.4 Å². The molecule has 0 radical (unpaired) electrons. The van der Waals surface area contributed by atoms with E-state index >= 15 is 0 Å². The van der Waals surface area contributed by atoms with Gasteiger partial charge in [0.1, 0.15) is 22.3 Å². The normalized spacial score (nSPS) is 11.6. The van der Waals surface area contributed by atoms with Gasteiger partial charge in [0.05, 0.1) is 5.69 Å². The molecule has 0 amide bonds. The molecular formula is C39H24N4O2. The van der Waals surface area contributed by atoms with Crippen LogP contribution in [0.1, 0.15) is 0 Å². The van der Waals surface area contributed by atoms with Crippen LogP contribution in [0, 0.1) is 0 Å². The molecule has 0 aliphatic carbocycles. The summed E-state index contributed by atoms with van der Waals surface area (Å²) in [5.41, 5.74) is 6.88. The molecule has 6 nitrogen and oxygen atoms in total. The van der Waals surface area contributed by atoms with Gasteiger partial charge in [-0.3, -0.25) is 4.90 Å². The van der Waals surface area contributed by atoms with Crippen molar-refractivity contribution in [2.24, 2.45) is 0 Å². The summed E-state index contributed by atoms with van der Waals surface area (Å²) in [6.07, 6.45) is 0. The molecule has 9 rings (SSSR count). The van der Waals surface area contributed by atoms with Crippen LogP contribution in [-0.2, 0) is 0 Å². The van der Waals surface area contributed by atoms with Gasteiger partial charge < -0.3 is 8.83 Å². The van der Waals surface area contributed by atoms with Crippen molar-refractivity contribution in [3.63, 3.8) is 0 Å². The van der Waals surface area contributed by atoms with Crippen LogP contribution < -0.4 is 4.90 Å². The number of benzene rings is 6. The number of hydrogen-bond donors (Lipinski definition) is 0. The summed E-state index contributed by atoms with van der Waals surface area (Å²) in [5.74, 6) is 1.65. The summed E-state index contributed by atoms with van der Waals surface area (Å²) in [5, 5.41) is 4.21. The number of anilines is 3. The van der Waals surface area contributed by atoms with Crippen molar-refractivity contribution in [2.45, 2.75) is 0 Å². The largest absolute Gasteiger partial charge is 0.456 e. The molecule has 0 unspecified atom stereocenters. The lowest BCUT2D eigenvalue weighted by molar-refractivity contribution is 0.668. The quantitative estimate of drug-likeness (QED) is 0.202. The van der Waals surface area contributed by atoms with Crippen LogP contribution in [0.25, 0.3) is 66.7 Å². The molecule has 3 aromatic heterocycles. The zero-order valence-electron chi connectivity index (χ0n) is 24.0. The summed E-state index contributed by atoms with van der Waals surface area (Å²) >= 11 is 0. The Balaban J connectivity index is 1.27. The Morgan fingerprint density at radius 2 is 0.956 bits per heavy atom. The van der Waals surface area contributed by atoms with Crippen LogP contribution in [0.15, 0.2) is 154 Å². The van der Waals surface area contributed by atoms with E-state index in [0.29, 0.717) is 17.6 Å². The molecule has 0 atom stereocenters. The second kappa shape index (κ2) is 10.2. The Kier molecular flexibility index (Phi) is 5.71. The van der Waals surface area contributed by atoms with Crippen molar-refractivity contribution in [3.05, 3.63) is 146 Å². The van der Waals surface area contributed by atoms with E-state index in [-0.39, 0.29) is 0 Å². The molecule has 45 heavy (non-hydrogen) atoms. The number of furan rings is 2. The van der Waals surface area contributed by atoms with Gasteiger partial charge in [0.25, 0.3) is 0 Å². The fourth-order valence-electron chi connectivity index (χ4n) is 5.99. The lowest BCUT2D eigenvalue weighted by Crippen LogP contribution is -2.15. The Morgan fingerprint density at radius 1 is 0.378 bits per heavy atom. The highest BCUT2D eigenvalue weighted by molar-refractivity contribution is 6.07. The topological polar surface area (TPSA) is 68.2 Å². The fraction of sp³-hybridized carbons (Fsp3) is 0. The average molecular weight is 581 g/mol. The number of fused-ring (bicyclic) bond motifs is 6. The summed E-state index contributed by atoms with van der Waals surface area (Å²) in [6, 6.07) is 48.6. The minimum Gasteiger partial charge on any atom is -0.456 e. The zero-order chi connectivity index (χ0) is 29.7. The van der Waals surface area contributed by atoms with Crippen LogP contribution in [0.3, 0.4) is 0 Å². The van der Waals surface area contributed by atoms with Gasteiger partial charge >= 0.3 is 0 Å². The minimum absolute atomic E-state index is 0.498. The smallest absolute Gasteiger partial charge is 0.238 e. The predicted octanol–water partition coefficient (Wildman–Crippen LogP) is 10.5. The first-order valence-corrected chi connectivity index (χ1v) is 14.8. The first-order chi connectivity index (χ1) is 22.3. The number of nitrogens with zero attached hydrogens (tertiary/aromatic N) is 4. The number of para-hydroxylation sites is 3. The van der Waals surface area contributed by atoms with Gasteiger partial charge in [-0.15, -0.1) is 0 Å². The number of hydrogen-bond acceptors (Lipinski definition) is 6. The first-order valence-electron chi connectivity index (χ1n) is 14.8. The van der Waals surface area contributed by atoms with Crippen molar-refractivity contribution in [2.75, 3.05) is 4.90 Å². The third kappa shape index (κ3) is 4.31. The molecule has 212 valence electrons. The van der Waals surface area contributed by atoms with Gasteiger partial charge in [-0.25, -0.2) is 4.98 Å². The molecule has 6 aromatic carbocycles. The van der Waals surface area contributed by atoms with E-state index in [1.54, 1.807) is 0 Å². The van der Waals surface area contributed by atoms with Crippen LogP contribution in [-0.4, -0.2) is 15.0 Å². The molecular weight excluding hydrogens is 556 g/mol. The highest BCUT2D eigenvalue weighted by Crippen LogP contribution is 2.38. The van der Waals surface area contributed by atoms with E-state index in [4.69, 9.17) is 23.8 Å². The van der Waals surface area contributed by atoms with Crippen molar-refractivity contribution >= 4 is 61.2 Å². The molecule has 0 N–H and O–H groups in total. The maximum absolute atomic E-state index is 6.28. The molecule has 3 heterocycles. The summed E-state index contributed by atoms with van der Waals surface area (Å²) < 4.78 is 12.4. The molecule has 0 bridgehead atoms. The molecule has 0 fully saturated rings. The molecule has 0 spiro atoms. The standard InChI is InChI=1S/C39H24N4O2/c1-3-11-25(12-4-1)37-40-38(26-19-22-35-32(23-26)30-16-8-10-18-34(30)44-35)42-39(41-37)43(27-13-5-2-6-14-27)28-20-21-31-29-15-7-9-17-33(29)45-36(31)24-28/h1-24H. The van der Waals surface area contributed by atoms with Crippen molar-refractivity contribution in [1.82, 2.24) is 15.0 Å². The van der Waals surface area contributed by atoms with E-state index in [1.165, 1.54) is 0 Å². The lowest BCUT2D eigenvalue weighted by atomic mass is 10.1. The predicted molar refractivity (Wildman–Crippen MR) is 180 cm³/mol. The molecule has 0 aliphatic rings. The number of aromatic nitrogens is 3. The van der Waals surface area contributed by atoms with Crippen LogP contribution >= 0.6 is 0 Å². The molecule has 0 aliphatic heterocycles. The summed E-state index contributed by atoms with van der Waals surface area (Å²) in [6.45, 7) is 0. The average Bonchev–Trinajstić information content (AvgIpc) is 3.67. The molecule has 6 heteroatoms. The van der Waals surface area contributed by atoms with Crippen molar-refractivity contribution < 1.29 is 8.83 Å². The fourth-order valence-corrected chi connectivity index (χ4v) is 5.99. The number of rotatable bonds is 5. The van der Waals surface area contributed by atoms with Crippen molar-refractivity contribution in [3.8, 4) is 22.8 Å². The third-order valence-electron chi connectivity index (χ3n) is 8.13. The van der Waals surface area contributed by atoms with Gasteiger partial charge in [-0.1, -0.05) is 84.9 Å². The maximum Gasteiger partial charge on any atom is 0.238 e. The summed E-state index contributed by atoms with van der Waals surface area (Å²) in [7, 11) is 0. The lowest BCUT2D eigenvalue weighted by Gasteiger charge is -2.24. The van der Waals surface area contributed by atoms with E-state index in [0.717, 1.165) is 66.4 Å². The summed E-state index contributed by atoms with van der Waals surface area (Å²) in [4.78, 5) is 17.2. The van der Waals surface area contributed by atoms with Crippen LogP contribution in [0.2, 0.25) is 0 Å². The Morgan fingerprint density at radius 3 is 1.71 bits per heavy atom. The van der Waals surface area contributed by atoms with E-state index in [1.807, 2.05) is 97.1 Å². The van der Waals surface area contributed by atoms with Crippen molar-refractivity contribution in [1.29, 1.82) is 0 Å². The monoisotopic (exact) mass is 580 g/mol. The highest BCUT2D eigenvalue weighted by Gasteiger charge is 2.21. The Bertz CT molecular complexity index is 2500. The van der Waals surface area contributed by atoms with Gasteiger partial charge in [0.2, 0.25) is 5.95 Å². The van der Waals surface area contributed by atoms with Gasteiger partial charge in [-0.2, -0.15) is 9.97 Å². The van der Waals surface area contributed by atoms with Gasteiger partial charge in [-0.05, 0) is 54.6 Å². The third-order valence-corrected chi connectivity index (χ3v) is 8.13. The second-order valence-corrected chi connectivity index (χ2v) is 10.9. The SMILES string of the molecule is c1ccc(-c2nc(-c3ccc4oc5ccccc5c4c3)nc(N(c3ccccc3)c3ccc4c(c3)oc3ccccc34)n2)cc1. The van der Waals surface area contributed by atoms with E-state index in [2.05, 4.69) is 53.4 Å². The second-order valence-electron chi connectivity index (χ2n) is 10.9. The minimum atomic E-state index is 0.498. The highest BCUT2D eigenvalue weighted by atomic mass is 16.3. The van der Waals surface area contributed by atoms with Crippen LogP contribution in [0.5, 0.6) is 0 Å². The molecule has 0 saturated carbocycles. The Labute approximate surface area is 257 Å². The molecule has 9 aromatic rings. The van der Waals surface area contributed by atoms with E-state index in [9.17, 15) is 0 Å². The Hall–Kier alpha value is -6.27. The van der Waals surface area contributed by atoms with E-state index < -0.39 is 0 Å². The maximum atomic E-state index is 6.28. The first kappa shape index (κ1) is 25.2. The van der Waals surface area contributed by atoms with Gasteiger partial charge in [0.15, 0.2) is 11.6 Å². The molecule has 0 saturated heterocycles. The van der Waals surface area contributed by atoms with Crippen LogP contribution in [0.4, 0.5) is 17.3 Å².